The maximum atomic E-state index is 5.86. The highest BCUT2D eigenvalue weighted by Gasteiger charge is 2.15. The van der Waals surface area contributed by atoms with E-state index in [4.69, 9.17) is 4.42 Å². The molecule has 1 aliphatic carbocycles. The summed E-state index contributed by atoms with van der Waals surface area (Å²) in [7, 11) is 1.96. The Morgan fingerprint density at radius 2 is 2.10 bits per heavy atom. The van der Waals surface area contributed by atoms with Crippen LogP contribution >= 0.6 is 0 Å². The number of aryl methyl sites for hydroxylation is 1. The van der Waals surface area contributed by atoms with Gasteiger partial charge in [-0.25, -0.2) is 4.98 Å². The molecule has 1 aromatic carbocycles. The van der Waals surface area contributed by atoms with Crippen LogP contribution in [0.25, 0.3) is 11.1 Å². The van der Waals surface area contributed by atoms with Crippen molar-refractivity contribution in [1.29, 1.82) is 0 Å². The van der Waals surface area contributed by atoms with Gasteiger partial charge in [-0.2, -0.15) is 0 Å². The van der Waals surface area contributed by atoms with Gasteiger partial charge in [0, 0.05) is 13.0 Å². The number of hydrogen-bond acceptors (Lipinski definition) is 3. The Morgan fingerprint density at radius 1 is 1.25 bits per heavy atom. The zero-order chi connectivity index (χ0) is 13.8. The molecule has 0 aliphatic heterocycles. The van der Waals surface area contributed by atoms with Gasteiger partial charge in [-0.15, -0.1) is 0 Å². The molecule has 1 N–H and O–H groups in total. The summed E-state index contributed by atoms with van der Waals surface area (Å²) >= 11 is 0. The number of rotatable bonds is 5. The number of oxazole rings is 1. The normalized spacial score (nSPS) is 16.9. The third-order valence-corrected chi connectivity index (χ3v) is 4.37. The Balaban J connectivity index is 1.65. The summed E-state index contributed by atoms with van der Waals surface area (Å²) in [6, 6.07) is 6.27. The smallest absolute Gasteiger partial charge is 0.195 e. The Labute approximate surface area is 120 Å². The minimum atomic E-state index is 0.875. The maximum Gasteiger partial charge on any atom is 0.195 e. The van der Waals surface area contributed by atoms with E-state index in [1.54, 1.807) is 0 Å². The molecule has 1 heterocycles. The van der Waals surface area contributed by atoms with E-state index in [0.717, 1.165) is 35.9 Å². The van der Waals surface area contributed by atoms with Crippen LogP contribution in [0.2, 0.25) is 0 Å². The lowest BCUT2D eigenvalue weighted by atomic mass is 9.86. The van der Waals surface area contributed by atoms with Crippen LogP contribution < -0.4 is 5.32 Å². The average molecular weight is 272 g/mol. The molecule has 0 bridgehead atoms. The van der Waals surface area contributed by atoms with Crippen LogP contribution in [0.15, 0.2) is 22.6 Å². The quantitative estimate of drug-likeness (QED) is 0.892. The largest absolute Gasteiger partial charge is 0.441 e. The number of nitrogens with one attached hydrogen (secondary N) is 1. The highest BCUT2D eigenvalue weighted by molar-refractivity contribution is 5.73. The first-order valence-electron chi connectivity index (χ1n) is 7.88. The molecule has 0 saturated heterocycles. The fourth-order valence-corrected chi connectivity index (χ4v) is 3.25. The van der Waals surface area contributed by atoms with Gasteiger partial charge in [-0.1, -0.05) is 38.2 Å². The first-order chi connectivity index (χ1) is 9.85. The summed E-state index contributed by atoms with van der Waals surface area (Å²) in [5.74, 6) is 1.80. The molecule has 1 fully saturated rings. The molecule has 3 heteroatoms. The lowest BCUT2D eigenvalue weighted by molar-refractivity contribution is 0.330. The molecule has 0 spiro atoms. The molecule has 0 radical (unpaired) electrons. The fourth-order valence-electron chi connectivity index (χ4n) is 3.25. The Kier molecular flexibility index (Phi) is 4.36. The number of nitrogens with zero attached hydrogens (tertiary/aromatic N) is 1. The van der Waals surface area contributed by atoms with Crippen LogP contribution in [0.1, 0.15) is 50.0 Å². The van der Waals surface area contributed by atoms with Gasteiger partial charge in [0.25, 0.3) is 0 Å². The first kappa shape index (κ1) is 13.6. The average Bonchev–Trinajstić information content (AvgIpc) is 2.89. The molecule has 2 aromatic rings. The van der Waals surface area contributed by atoms with Gasteiger partial charge in [0.1, 0.15) is 5.52 Å². The summed E-state index contributed by atoms with van der Waals surface area (Å²) in [5.41, 5.74) is 3.17. The van der Waals surface area contributed by atoms with Crippen molar-refractivity contribution in [2.75, 3.05) is 7.05 Å². The van der Waals surface area contributed by atoms with Crippen LogP contribution in [0, 0.1) is 5.92 Å². The second-order valence-electron chi connectivity index (χ2n) is 5.98. The Hall–Kier alpha value is -1.35. The minimum Gasteiger partial charge on any atom is -0.441 e. The molecule has 3 rings (SSSR count). The number of fused-ring (bicyclic) bond motifs is 1. The van der Waals surface area contributed by atoms with E-state index in [9.17, 15) is 0 Å². The zero-order valence-electron chi connectivity index (χ0n) is 12.3. The second kappa shape index (κ2) is 6.40. The van der Waals surface area contributed by atoms with Crippen molar-refractivity contribution in [3.8, 4) is 0 Å². The SMILES string of the molecule is CNCc1ccc2oc(CCC3CCCCC3)nc2c1. The molecule has 0 atom stereocenters. The van der Waals surface area contributed by atoms with Crippen LogP contribution in [0.3, 0.4) is 0 Å². The monoisotopic (exact) mass is 272 g/mol. The van der Waals surface area contributed by atoms with E-state index >= 15 is 0 Å². The number of benzene rings is 1. The van der Waals surface area contributed by atoms with Gasteiger partial charge in [0.2, 0.25) is 0 Å². The van der Waals surface area contributed by atoms with E-state index in [1.807, 2.05) is 13.1 Å². The Morgan fingerprint density at radius 3 is 2.90 bits per heavy atom. The third kappa shape index (κ3) is 3.21. The standard InChI is InChI=1S/C17H24N2O/c1-18-12-14-7-9-16-15(11-14)19-17(20-16)10-8-13-5-3-2-4-6-13/h7,9,11,13,18H,2-6,8,10,12H2,1H3. The highest BCUT2D eigenvalue weighted by Crippen LogP contribution is 2.28. The van der Waals surface area contributed by atoms with E-state index in [2.05, 4.69) is 22.4 Å². The Bertz CT molecular complexity index is 555. The molecule has 3 nitrogen and oxygen atoms in total. The van der Waals surface area contributed by atoms with Crippen molar-refractivity contribution in [3.63, 3.8) is 0 Å². The number of hydrogen-bond donors (Lipinski definition) is 1. The number of aromatic nitrogens is 1. The maximum absolute atomic E-state index is 5.86. The molecule has 1 aromatic heterocycles. The van der Waals surface area contributed by atoms with E-state index < -0.39 is 0 Å². The third-order valence-electron chi connectivity index (χ3n) is 4.37. The van der Waals surface area contributed by atoms with Crippen LogP contribution in [-0.4, -0.2) is 12.0 Å². The van der Waals surface area contributed by atoms with Gasteiger partial charge in [-0.05, 0) is 37.1 Å². The predicted molar refractivity (Wildman–Crippen MR) is 81.7 cm³/mol. The van der Waals surface area contributed by atoms with Crippen LogP contribution in [0.4, 0.5) is 0 Å². The minimum absolute atomic E-state index is 0.875. The first-order valence-corrected chi connectivity index (χ1v) is 7.88. The van der Waals surface area contributed by atoms with Crippen molar-refractivity contribution in [3.05, 3.63) is 29.7 Å². The van der Waals surface area contributed by atoms with E-state index in [1.165, 1.54) is 44.1 Å². The highest BCUT2D eigenvalue weighted by atomic mass is 16.3. The van der Waals surface area contributed by atoms with Crippen molar-refractivity contribution in [2.24, 2.45) is 5.92 Å². The van der Waals surface area contributed by atoms with Crippen LogP contribution in [-0.2, 0) is 13.0 Å². The second-order valence-corrected chi connectivity index (χ2v) is 5.98. The molecule has 20 heavy (non-hydrogen) atoms. The van der Waals surface area contributed by atoms with Crippen molar-refractivity contribution in [1.82, 2.24) is 10.3 Å². The lowest BCUT2D eigenvalue weighted by Crippen LogP contribution is -2.07. The van der Waals surface area contributed by atoms with Gasteiger partial charge >= 0.3 is 0 Å². The van der Waals surface area contributed by atoms with E-state index in [-0.39, 0.29) is 0 Å². The molecular formula is C17H24N2O. The fraction of sp³-hybridized carbons (Fsp3) is 0.588. The summed E-state index contributed by atoms with van der Waals surface area (Å²) < 4.78 is 5.86. The van der Waals surface area contributed by atoms with Crippen molar-refractivity contribution < 1.29 is 4.42 Å². The molecular weight excluding hydrogens is 248 g/mol. The summed E-state index contributed by atoms with van der Waals surface area (Å²) in [4.78, 5) is 4.65. The molecule has 1 saturated carbocycles. The van der Waals surface area contributed by atoms with Gasteiger partial charge in [-0.3, -0.25) is 0 Å². The van der Waals surface area contributed by atoms with Crippen molar-refractivity contribution >= 4 is 11.1 Å². The molecule has 1 aliphatic rings. The van der Waals surface area contributed by atoms with Crippen LogP contribution in [0.5, 0.6) is 0 Å². The van der Waals surface area contributed by atoms with Crippen molar-refractivity contribution in [2.45, 2.75) is 51.5 Å². The van der Waals surface area contributed by atoms with Gasteiger partial charge in [0.05, 0.1) is 0 Å². The van der Waals surface area contributed by atoms with E-state index in [0.29, 0.717) is 0 Å². The molecule has 108 valence electrons. The van der Waals surface area contributed by atoms with Gasteiger partial charge < -0.3 is 9.73 Å². The summed E-state index contributed by atoms with van der Waals surface area (Å²) in [5, 5.41) is 3.17. The molecule has 0 unspecified atom stereocenters. The predicted octanol–water partition coefficient (Wildman–Crippen LogP) is 4.06. The summed E-state index contributed by atoms with van der Waals surface area (Å²) in [6.07, 6.45) is 9.25. The summed E-state index contributed by atoms with van der Waals surface area (Å²) in [6.45, 7) is 0.875. The lowest BCUT2D eigenvalue weighted by Gasteiger charge is -2.20. The zero-order valence-corrected chi connectivity index (χ0v) is 12.3. The molecule has 0 amide bonds. The van der Waals surface area contributed by atoms with Gasteiger partial charge in [0.15, 0.2) is 11.5 Å². The topological polar surface area (TPSA) is 38.1 Å².